The smallest absolute Gasteiger partial charge is 0.388 e. The Morgan fingerprint density at radius 2 is 1.85 bits per heavy atom. The first-order valence-electron chi connectivity index (χ1n) is 7.17. The second-order valence-electron chi connectivity index (χ2n) is 5.57. The molecule has 5 heteroatoms. The van der Waals surface area contributed by atoms with Crippen LogP contribution in [0.1, 0.15) is 62.2 Å². The fourth-order valence-electron chi connectivity index (χ4n) is 2.97. The van der Waals surface area contributed by atoms with Gasteiger partial charge < -0.3 is 5.11 Å². The summed E-state index contributed by atoms with van der Waals surface area (Å²) in [6, 6.07) is 0.936. The highest BCUT2D eigenvalue weighted by Crippen LogP contribution is 2.37. The van der Waals surface area contributed by atoms with E-state index in [-0.39, 0.29) is 5.56 Å². The molecule has 20 heavy (non-hydrogen) atoms. The number of nitrogens with zero attached hydrogens (tertiary/aromatic N) is 1. The van der Waals surface area contributed by atoms with E-state index < -0.39 is 17.8 Å². The van der Waals surface area contributed by atoms with Crippen LogP contribution < -0.4 is 0 Å². The summed E-state index contributed by atoms with van der Waals surface area (Å²) >= 11 is 0. The lowest BCUT2D eigenvalue weighted by Crippen LogP contribution is -2.14. The van der Waals surface area contributed by atoms with E-state index in [0.717, 1.165) is 44.1 Å². The van der Waals surface area contributed by atoms with Crippen LogP contribution in [-0.2, 0) is 6.18 Å². The van der Waals surface area contributed by atoms with Crippen LogP contribution in [0.5, 0.6) is 0 Å². The number of aliphatic hydroxyl groups excluding tert-OH is 1. The molecule has 1 aromatic rings. The Kier molecular flexibility index (Phi) is 5.02. The monoisotopic (exact) mass is 287 g/mol. The van der Waals surface area contributed by atoms with Gasteiger partial charge in [-0.25, -0.2) is 0 Å². The summed E-state index contributed by atoms with van der Waals surface area (Å²) in [7, 11) is 0. The molecule has 0 aromatic carbocycles. The Morgan fingerprint density at radius 1 is 1.20 bits per heavy atom. The lowest BCUT2D eigenvalue weighted by molar-refractivity contribution is -0.139. The molecule has 0 radical (unpaired) electrons. The van der Waals surface area contributed by atoms with E-state index in [1.54, 1.807) is 0 Å². The van der Waals surface area contributed by atoms with Crippen LogP contribution in [-0.4, -0.2) is 10.1 Å². The number of halogens is 3. The molecule has 1 aromatic heterocycles. The minimum atomic E-state index is -4.44. The third-order valence-corrected chi connectivity index (χ3v) is 4.05. The van der Waals surface area contributed by atoms with Crippen molar-refractivity contribution >= 4 is 0 Å². The predicted octanol–water partition coefficient (Wildman–Crippen LogP) is 4.49. The fraction of sp³-hybridized carbons (Fsp3) is 0.667. The summed E-state index contributed by atoms with van der Waals surface area (Å²) in [4.78, 5) is 3.73. The predicted molar refractivity (Wildman–Crippen MR) is 70.0 cm³/mol. The van der Waals surface area contributed by atoms with E-state index in [2.05, 4.69) is 4.98 Å². The number of pyridine rings is 1. The molecule has 0 bridgehead atoms. The molecule has 1 aliphatic carbocycles. The largest absolute Gasteiger partial charge is 0.416 e. The van der Waals surface area contributed by atoms with E-state index in [9.17, 15) is 18.3 Å². The Bertz CT molecular complexity index is 425. The van der Waals surface area contributed by atoms with Gasteiger partial charge in [0.15, 0.2) is 0 Å². The number of aromatic nitrogens is 1. The van der Waals surface area contributed by atoms with Gasteiger partial charge in [-0.2, -0.15) is 13.2 Å². The van der Waals surface area contributed by atoms with Gasteiger partial charge in [-0.05, 0) is 18.4 Å². The van der Waals surface area contributed by atoms with Gasteiger partial charge in [0.25, 0.3) is 0 Å². The third kappa shape index (κ3) is 3.95. The number of alkyl halides is 3. The summed E-state index contributed by atoms with van der Waals surface area (Å²) in [5.41, 5.74) is -0.863. The van der Waals surface area contributed by atoms with Crippen LogP contribution in [0.4, 0.5) is 13.2 Å². The topological polar surface area (TPSA) is 33.1 Å². The van der Waals surface area contributed by atoms with E-state index in [1.807, 2.05) is 0 Å². The summed E-state index contributed by atoms with van der Waals surface area (Å²) in [6.45, 7) is 0. The standard InChI is InChI=1S/C15H20F3NO/c16-15(17,18)13-7-8-19-10-12(13)14(20)9-11-5-3-1-2-4-6-11/h7-8,10-11,14,20H,1-6,9H2. The molecule has 0 spiro atoms. The molecule has 1 atom stereocenters. The molecule has 0 saturated heterocycles. The molecule has 1 heterocycles. The molecular weight excluding hydrogens is 267 g/mol. The Morgan fingerprint density at radius 3 is 2.45 bits per heavy atom. The molecule has 1 saturated carbocycles. The van der Waals surface area contributed by atoms with Crippen LogP contribution in [0.2, 0.25) is 0 Å². The second kappa shape index (κ2) is 6.57. The lowest BCUT2D eigenvalue weighted by atomic mass is 9.90. The minimum absolute atomic E-state index is 0.0933. The van der Waals surface area contributed by atoms with Crippen LogP contribution in [0.3, 0.4) is 0 Å². The average molecular weight is 287 g/mol. The van der Waals surface area contributed by atoms with Crippen molar-refractivity contribution in [2.24, 2.45) is 5.92 Å². The van der Waals surface area contributed by atoms with Crippen LogP contribution in [0.15, 0.2) is 18.5 Å². The van der Waals surface area contributed by atoms with Gasteiger partial charge in [0.2, 0.25) is 0 Å². The number of rotatable bonds is 3. The summed E-state index contributed by atoms with van der Waals surface area (Å²) in [6.07, 6.45) is 3.72. The van der Waals surface area contributed by atoms with Crippen molar-refractivity contribution in [3.8, 4) is 0 Å². The zero-order valence-corrected chi connectivity index (χ0v) is 11.4. The van der Waals surface area contributed by atoms with E-state index in [0.29, 0.717) is 12.3 Å². The highest BCUT2D eigenvalue weighted by molar-refractivity contribution is 5.28. The highest BCUT2D eigenvalue weighted by atomic mass is 19.4. The molecular formula is C15H20F3NO. The Hall–Kier alpha value is -1.10. The molecule has 1 N–H and O–H groups in total. The lowest BCUT2D eigenvalue weighted by Gasteiger charge is -2.21. The van der Waals surface area contributed by atoms with Crippen molar-refractivity contribution in [2.75, 3.05) is 0 Å². The molecule has 1 fully saturated rings. The van der Waals surface area contributed by atoms with Crippen LogP contribution in [0, 0.1) is 5.92 Å². The number of hydrogen-bond donors (Lipinski definition) is 1. The summed E-state index contributed by atoms with van der Waals surface area (Å²) < 4.78 is 38.7. The molecule has 0 aliphatic heterocycles. The first-order valence-corrected chi connectivity index (χ1v) is 7.17. The summed E-state index contributed by atoms with van der Waals surface area (Å²) in [5.74, 6) is 0.314. The summed E-state index contributed by atoms with van der Waals surface area (Å²) in [5, 5.41) is 10.2. The quantitative estimate of drug-likeness (QED) is 0.831. The van der Waals surface area contributed by atoms with Crippen molar-refractivity contribution in [1.29, 1.82) is 0 Å². The van der Waals surface area contributed by atoms with Gasteiger partial charge in [-0.15, -0.1) is 0 Å². The minimum Gasteiger partial charge on any atom is -0.388 e. The normalized spacial score (nSPS) is 19.6. The maximum Gasteiger partial charge on any atom is 0.416 e. The van der Waals surface area contributed by atoms with Gasteiger partial charge >= 0.3 is 6.18 Å². The third-order valence-electron chi connectivity index (χ3n) is 4.05. The van der Waals surface area contributed by atoms with E-state index >= 15 is 0 Å². The maximum atomic E-state index is 12.9. The van der Waals surface area contributed by atoms with Crippen molar-refractivity contribution < 1.29 is 18.3 Å². The van der Waals surface area contributed by atoms with E-state index in [1.165, 1.54) is 12.8 Å². The molecule has 1 unspecified atom stereocenters. The maximum absolute atomic E-state index is 12.9. The zero-order valence-electron chi connectivity index (χ0n) is 11.4. The SMILES string of the molecule is OC(CC1CCCCCC1)c1cnccc1C(F)(F)F. The molecule has 112 valence electrons. The van der Waals surface area contributed by atoms with Crippen molar-refractivity contribution in [1.82, 2.24) is 4.98 Å². The van der Waals surface area contributed by atoms with E-state index in [4.69, 9.17) is 0 Å². The number of hydrogen-bond acceptors (Lipinski definition) is 2. The van der Waals surface area contributed by atoms with Gasteiger partial charge in [-0.1, -0.05) is 38.5 Å². The van der Waals surface area contributed by atoms with Crippen molar-refractivity contribution in [2.45, 2.75) is 57.2 Å². The zero-order chi connectivity index (χ0) is 14.6. The first-order chi connectivity index (χ1) is 9.48. The second-order valence-corrected chi connectivity index (χ2v) is 5.57. The molecule has 1 aliphatic rings. The van der Waals surface area contributed by atoms with Gasteiger partial charge in [0, 0.05) is 18.0 Å². The number of aliphatic hydroxyl groups is 1. The molecule has 2 rings (SSSR count). The average Bonchev–Trinajstić information content (AvgIpc) is 2.66. The van der Waals surface area contributed by atoms with Crippen LogP contribution in [0.25, 0.3) is 0 Å². The molecule has 2 nitrogen and oxygen atoms in total. The molecule has 0 amide bonds. The van der Waals surface area contributed by atoms with Gasteiger partial charge in [0.1, 0.15) is 0 Å². The van der Waals surface area contributed by atoms with Gasteiger partial charge in [0.05, 0.1) is 11.7 Å². The highest BCUT2D eigenvalue weighted by Gasteiger charge is 2.35. The Balaban J connectivity index is 2.10. The van der Waals surface area contributed by atoms with Crippen molar-refractivity contribution in [3.63, 3.8) is 0 Å². The fourth-order valence-corrected chi connectivity index (χ4v) is 2.97. The first kappa shape index (κ1) is 15.3. The van der Waals surface area contributed by atoms with Crippen molar-refractivity contribution in [3.05, 3.63) is 29.6 Å². The van der Waals surface area contributed by atoms with Crippen LogP contribution >= 0.6 is 0 Å². The Labute approximate surface area is 117 Å². The van der Waals surface area contributed by atoms with Gasteiger partial charge in [-0.3, -0.25) is 4.98 Å².